The molecule has 0 bridgehead atoms. The smallest absolute Gasteiger partial charge is 0.266 e. The number of nitrogens with zero attached hydrogens (tertiary/aromatic N) is 4. The van der Waals surface area contributed by atoms with Gasteiger partial charge < -0.3 is 14.2 Å². The maximum absolute atomic E-state index is 13.5. The lowest BCUT2D eigenvalue weighted by Gasteiger charge is -2.27. The first-order valence-corrected chi connectivity index (χ1v) is 11.8. The molecule has 0 radical (unpaired) electrons. The number of morpholine rings is 1. The maximum Gasteiger partial charge on any atom is 0.266 e. The predicted molar refractivity (Wildman–Crippen MR) is 131 cm³/mol. The number of para-hydroxylation sites is 1. The minimum Gasteiger partial charge on any atom is -0.378 e. The van der Waals surface area contributed by atoms with E-state index in [1.54, 1.807) is 19.2 Å². The number of benzene rings is 2. The Morgan fingerprint density at radius 3 is 2.76 bits per heavy atom. The van der Waals surface area contributed by atoms with E-state index >= 15 is 0 Å². The highest BCUT2D eigenvalue weighted by Gasteiger charge is 2.31. The van der Waals surface area contributed by atoms with Gasteiger partial charge in [0, 0.05) is 42.8 Å². The maximum atomic E-state index is 13.5. The Bertz CT molecular complexity index is 1330. The molecule has 0 unspecified atom stereocenters. The molecule has 2 aliphatic rings. The predicted octanol–water partition coefficient (Wildman–Crippen LogP) is 3.87. The van der Waals surface area contributed by atoms with Gasteiger partial charge in [-0.05, 0) is 42.1 Å². The van der Waals surface area contributed by atoms with Crippen LogP contribution in [0, 0.1) is 5.82 Å². The normalized spacial score (nSPS) is 19.1. The number of likely N-dealkylation sites (N-methyl/N-ethyl adjacent to an activating group) is 1. The van der Waals surface area contributed by atoms with E-state index in [-0.39, 0.29) is 24.2 Å². The van der Waals surface area contributed by atoms with E-state index in [1.807, 2.05) is 46.0 Å². The number of carbonyl (C=O) groups is 2. The summed E-state index contributed by atoms with van der Waals surface area (Å²) in [6, 6.07) is 13.8. The van der Waals surface area contributed by atoms with Crippen molar-refractivity contribution in [1.29, 1.82) is 0 Å². The minimum atomic E-state index is -0.381. The summed E-state index contributed by atoms with van der Waals surface area (Å²) >= 11 is 1.24. The molecule has 2 saturated heterocycles. The third kappa shape index (κ3) is 4.49. The molecule has 34 heavy (non-hydrogen) atoms. The molecule has 0 N–H and O–H groups in total. The number of halogens is 1. The summed E-state index contributed by atoms with van der Waals surface area (Å²) in [4.78, 5) is 34.0. The molecule has 0 atom stereocenters. The standard InChI is InChI=1S/C25H23FN4O3S/c1-28-24(32)22(34-25(28)27-19-6-4-5-18(26)14-19)13-17-15-30(21-8-3-2-7-20(17)21)16-23(31)29-9-11-33-12-10-29/h2-8,13-15H,9-12,16H2,1H3/b22-13-,27-25?. The minimum absolute atomic E-state index is 0.0406. The molecule has 5 rings (SSSR count). The number of amides is 2. The number of hydrogen-bond acceptors (Lipinski definition) is 5. The molecule has 174 valence electrons. The van der Waals surface area contributed by atoms with Crippen molar-refractivity contribution in [1.82, 2.24) is 14.4 Å². The molecule has 2 aromatic carbocycles. The first-order chi connectivity index (χ1) is 16.5. The fraction of sp³-hybridized carbons (Fsp3) is 0.240. The van der Waals surface area contributed by atoms with Gasteiger partial charge >= 0.3 is 0 Å². The summed E-state index contributed by atoms with van der Waals surface area (Å²) in [5.74, 6) is -0.519. The van der Waals surface area contributed by atoms with Crippen LogP contribution in [0.1, 0.15) is 5.56 Å². The lowest BCUT2D eigenvalue weighted by atomic mass is 10.1. The number of rotatable bonds is 4. The van der Waals surface area contributed by atoms with Crippen LogP contribution in [-0.2, 0) is 20.9 Å². The SMILES string of the molecule is CN1C(=O)/C(=C/c2cn(CC(=O)N3CCOCC3)c3ccccc23)SC1=Nc1cccc(F)c1. The third-order valence-corrected chi connectivity index (χ3v) is 6.87. The van der Waals surface area contributed by atoms with Gasteiger partial charge in [-0.3, -0.25) is 14.5 Å². The van der Waals surface area contributed by atoms with Crippen LogP contribution in [0.2, 0.25) is 0 Å². The zero-order valence-corrected chi connectivity index (χ0v) is 19.4. The van der Waals surface area contributed by atoms with Crippen LogP contribution in [0.25, 0.3) is 17.0 Å². The van der Waals surface area contributed by atoms with Crippen LogP contribution in [0.5, 0.6) is 0 Å². The molecule has 2 fully saturated rings. The molecular weight excluding hydrogens is 455 g/mol. The van der Waals surface area contributed by atoms with E-state index in [0.29, 0.717) is 42.1 Å². The van der Waals surface area contributed by atoms with Gasteiger partial charge in [-0.2, -0.15) is 0 Å². The van der Waals surface area contributed by atoms with Gasteiger partial charge in [0.25, 0.3) is 5.91 Å². The summed E-state index contributed by atoms with van der Waals surface area (Å²) in [6.07, 6.45) is 3.74. The average molecular weight is 479 g/mol. The summed E-state index contributed by atoms with van der Waals surface area (Å²) in [5.41, 5.74) is 2.22. The number of carbonyl (C=O) groups excluding carboxylic acids is 2. The first kappa shape index (κ1) is 22.4. The quantitative estimate of drug-likeness (QED) is 0.534. The molecule has 0 spiro atoms. The second kappa shape index (κ2) is 9.44. The number of fused-ring (bicyclic) bond motifs is 1. The van der Waals surface area contributed by atoms with Crippen LogP contribution >= 0.6 is 11.8 Å². The highest BCUT2D eigenvalue weighted by Crippen LogP contribution is 2.35. The molecular formula is C25H23FN4O3S. The molecule has 1 aromatic heterocycles. The van der Waals surface area contributed by atoms with Crippen LogP contribution in [-0.4, -0.2) is 64.7 Å². The Labute approximate surface area is 200 Å². The number of aliphatic imine (C=N–C) groups is 1. The molecule has 0 aliphatic carbocycles. The van der Waals surface area contributed by atoms with Gasteiger partial charge in [0.15, 0.2) is 5.17 Å². The van der Waals surface area contributed by atoms with Crippen LogP contribution in [0.15, 0.2) is 64.6 Å². The third-order valence-electron chi connectivity index (χ3n) is 5.81. The Balaban J connectivity index is 1.44. The summed E-state index contributed by atoms with van der Waals surface area (Å²) < 4.78 is 20.8. The summed E-state index contributed by atoms with van der Waals surface area (Å²) in [5, 5.41) is 1.43. The molecule has 2 aliphatic heterocycles. The van der Waals surface area contributed by atoms with E-state index < -0.39 is 0 Å². The molecule has 9 heteroatoms. The van der Waals surface area contributed by atoms with Gasteiger partial charge in [0.05, 0.1) is 23.8 Å². The zero-order chi connectivity index (χ0) is 23.7. The van der Waals surface area contributed by atoms with Crippen molar-refractivity contribution in [2.75, 3.05) is 33.4 Å². The lowest BCUT2D eigenvalue weighted by Crippen LogP contribution is -2.42. The van der Waals surface area contributed by atoms with Crippen molar-refractivity contribution in [2.24, 2.45) is 4.99 Å². The molecule has 3 aromatic rings. The van der Waals surface area contributed by atoms with E-state index in [9.17, 15) is 14.0 Å². The topological polar surface area (TPSA) is 67.1 Å². The highest BCUT2D eigenvalue weighted by molar-refractivity contribution is 8.18. The second-order valence-corrected chi connectivity index (χ2v) is 9.08. The van der Waals surface area contributed by atoms with Crippen molar-refractivity contribution < 1.29 is 18.7 Å². The highest BCUT2D eigenvalue weighted by atomic mass is 32.2. The average Bonchev–Trinajstić information content (AvgIpc) is 3.32. The van der Waals surface area contributed by atoms with Crippen molar-refractivity contribution in [3.63, 3.8) is 0 Å². The summed E-state index contributed by atoms with van der Waals surface area (Å²) in [7, 11) is 1.65. The Morgan fingerprint density at radius 1 is 1.18 bits per heavy atom. The van der Waals surface area contributed by atoms with E-state index in [1.165, 1.54) is 28.8 Å². The van der Waals surface area contributed by atoms with Gasteiger partial charge in [-0.25, -0.2) is 9.38 Å². The fourth-order valence-electron chi connectivity index (χ4n) is 4.03. The van der Waals surface area contributed by atoms with Gasteiger partial charge in [-0.15, -0.1) is 0 Å². The van der Waals surface area contributed by atoms with E-state index in [0.717, 1.165) is 16.5 Å². The van der Waals surface area contributed by atoms with Gasteiger partial charge in [-0.1, -0.05) is 24.3 Å². The fourth-order valence-corrected chi connectivity index (χ4v) is 5.01. The van der Waals surface area contributed by atoms with Gasteiger partial charge in [0.1, 0.15) is 12.4 Å². The van der Waals surface area contributed by atoms with Crippen molar-refractivity contribution in [3.8, 4) is 0 Å². The Morgan fingerprint density at radius 2 is 1.97 bits per heavy atom. The number of aromatic nitrogens is 1. The van der Waals surface area contributed by atoms with Crippen LogP contribution in [0.3, 0.4) is 0 Å². The Hall–Kier alpha value is -3.43. The number of amidine groups is 1. The Kier molecular flexibility index (Phi) is 6.21. The lowest BCUT2D eigenvalue weighted by molar-refractivity contribution is -0.135. The molecule has 7 nitrogen and oxygen atoms in total. The zero-order valence-electron chi connectivity index (χ0n) is 18.6. The monoisotopic (exact) mass is 478 g/mol. The van der Waals surface area contributed by atoms with Crippen LogP contribution in [0.4, 0.5) is 10.1 Å². The van der Waals surface area contributed by atoms with Crippen molar-refractivity contribution in [2.45, 2.75) is 6.54 Å². The number of ether oxygens (including phenoxy) is 1. The second-order valence-electron chi connectivity index (χ2n) is 8.07. The van der Waals surface area contributed by atoms with Crippen LogP contribution < -0.4 is 0 Å². The first-order valence-electron chi connectivity index (χ1n) is 10.9. The molecule has 3 heterocycles. The number of hydrogen-bond donors (Lipinski definition) is 0. The van der Waals surface area contributed by atoms with Gasteiger partial charge in [0.2, 0.25) is 5.91 Å². The van der Waals surface area contributed by atoms with Crippen molar-refractivity contribution in [3.05, 3.63) is 71.0 Å². The largest absolute Gasteiger partial charge is 0.378 e. The molecule has 2 amide bonds. The van der Waals surface area contributed by atoms with Crippen molar-refractivity contribution >= 4 is 51.4 Å². The van der Waals surface area contributed by atoms with E-state index in [4.69, 9.17) is 4.74 Å². The number of thioether (sulfide) groups is 1. The molecule has 0 saturated carbocycles. The van der Waals surface area contributed by atoms with E-state index in [2.05, 4.69) is 4.99 Å². The summed E-state index contributed by atoms with van der Waals surface area (Å²) in [6.45, 7) is 2.53.